The van der Waals surface area contributed by atoms with Crippen LogP contribution >= 0.6 is 0 Å². The minimum Gasteiger partial charge on any atom is -0.493 e. The number of aliphatic imine (C=N–C) groups is 1. The van der Waals surface area contributed by atoms with Crippen LogP contribution in [0.3, 0.4) is 0 Å². The van der Waals surface area contributed by atoms with Gasteiger partial charge in [0.2, 0.25) is 0 Å². The lowest BCUT2D eigenvalue weighted by molar-refractivity contribution is 0.0389. The number of nitrogens with one attached hydrogen (secondary N) is 2. The van der Waals surface area contributed by atoms with E-state index < -0.39 is 0 Å². The zero-order chi connectivity index (χ0) is 21.1. The average molecular weight is 408 g/mol. The van der Waals surface area contributed by atoms with E-state index in [9.17, 15) is 0 Å². The minimum atomic E-state index is 0.129. The first kappa shape index (κ1) is 23.3. The van der Waals surface area contributed by atoms with Crippen molar-refractivity contribution in [3.05, 3.63) is 23.8 Å². The smallest absolute Gasteiger partial charge is 0.191 e. The monoisotopic (exact) mass is 407 g/mol. The van der Waals surface area contributed by atoms with Crippen LogP contribution in [-0.4, -0.2) is 96.6 Å². The molecule has 1 unspecified atom stereocenters. The van der Waals surface area contributed by atoms with Gasteiger partial charge in [0.15, 0.2) is 17.5 Å². The standard InChI is InChI=1S/C21H37N5O3/c1-6-22-21(23-9-10-26-11-13-29-14-12-26)24-16-18(25(2)3)17-7-8-19(27-4)20(15-17)28-5/h7-8,15,18H,6,9-14,16H2,1-5H3,(H2,22,23,24). The predicted octanol–water partition coefficient (Wildman–Crippen LogP) is 1.19. The van der Waals surface area contributed by atoms with Crippen molar-refractivity contribution in [2.75, 3.05) is 80.8 Å². The third-order valence-electron chi connectivity index (χ3n) is 5.01. The van der Waals surface area contributed by atoms with Gasteiger partial charge in [0.1, 0.15) is 0 Å². The van der Waals surface area contributed by atoms with E-state index in [1.54, 1.807) is 14.2 Å². The second-order valence-corrected chi connectivity index (χ2v) is 7.19. The van der Waals surface area contributed by atoms with Crippen LogP contribution in [-0.2, 0) is 4.74 Å². The van der Waals surface area contributed by atoms with Gasteiger partial charge in [0, 0.05) is 32.7 Å². The van der Waals surface area contributed by atoms with Gasteiger partial charge >= 0.3 is 0 Å². The van der Waals surface area contributed by atoms with Crippen LogP contribution in [0.1, 0.15) is 18.5 Å². The fourth-order valence-electron chi connectivity index (χ4n) is 3.30. The lowest BCUT2D eigenvalue weighted by Gasteiger charge is -2.27. The maximum absolute atomic E-state index is 5.46. The summed E-state index contributed by atoms with van der Waals surface area (Å²) in [5, 5.41) is 6.79. The van der Waals surface area contributed by atoms with Crippen molar-refractivity contribution in [3.8, 4) is 11.5 Å². The number of ether oxygens (including phenoxy) is 3. The molecule has 0 aromatic heterocycles. The molecule has 0 spiro atoms. The molecule has 29 heavy (non-hydrogen) atoms. The van der Waals surface area contributed by atoms with Crippen LogP contribution in [0.2, 0.25) is 0 Å². The van der Waals surface area contributed by atoms with E-state index in [1.165, 1.54) is 0 Å². The molecule has 1 atom stereocenters. The Morgan fingerprint density at radius 2 is 1.90 bits per heavy atom. The number of morpholine rings is 1. The second kappa shape index (κ2) is 12.5. The zero-order valence-corrected chi connectivity index (χ0v) is 18.5. The van der Waals surface area contributed by atoms with E-state index in [4.69, 9.17) is 19.2 Å². The number of guanidine groups is 1. The summed E-state index contributed by atoms with van der Waals surface area (Å²) in [5.74, 6) is 2.31. The number of methoxy groups -OCH3 is 2. The molecular formula is C21H37N5O3. The van der Waals surface area contributed by atoms with Crippen LogP contribution in [0.5, 0.6) is 11.5 Å². The number of nitrogens with zero attached hydrogens (tertiary/aromatic N) is 3. The van der Waals surface area contributed by atoms with Gasteiger partial charge in [-0.1, -0.05) is 6.07 Å². The number of hydrogen-bond donors (Lipinski definition) is 2. The number of rotatable bonds is 10. The van der Waals surface area contributed by atoms with Gasteiger partial charge in [0.25, 0.3) is 0 Å². The Morgan fingerprint density at radius 1 is 1.17 bits per heavy atom. The quantitative estimate of drug-likeness (QED) is 0.446. The van der Waals surface area contributed by atoms with E-state index in [0.29, 0.717) is 6.54 Å². The Kier molecular flexibility index (Phi) is 10.0. The number of likely N-dealkylation sites (N-methyl/N-ethyl adjacent to an activating group) is 1. The molecule has 1 fully saturated rings. The molecule has 1 saturated heterocycles. The van der Waals surface area contributed by atoms with Gasteiger partial charge in [-0.25, -0.2) is 0 Å². The van der Waals surface area contributed by atoms with Crippen LogP contribution in [0.4, 0.5) is 0 Å². The predicted molar refractivity (Wildman–Crippen MR) is 117 cm³/mol. The Bertz CT molecular complexity index is 633. The van der Waals surface area contributed by atoms with Crippen molar-refractivity contribution in [1.82, 2.24) is 20.4 Å². The summed E-state index contributed by atoms with van der Waals surface area (Å²) >= 11 is 0. The summed E-state index contributed by atoms with van der Waals surface area (Å²) < 4.78 is 16.2. The summed E-state index contributed by atoms with van der Waals surface area (Å²) in [6.07, 6.45) is 0. The van der Waals surface area contributed by atoms with Crippen LogP contribution in [0, 0.1) is 0 Å². The molecule has 2 N–H and O–H groups in total. The van der Waals surface area contributed by atoms with E-state index in [0.717, 1.165) is 69.0 Å². The van der Waals surface area contributed by atoms with Gasteiger partial charge < -0.3 is 29.7 Å². The molecule has 0 radical (unpaired) electrons. The molecule has 1 aromatic rings. The Hall–Kier alpha value is -2.03. The molecule has 164 valence electrons. The molecular weight excluding hydrogens is 370 g/mol. The van der Waals surface area contributed by atoms with E-state index in [1.807, 2.05) is 12.1 Å². The topological polar surface area (TPSA) is 70.6 Å². The Morgan fingerprint density at radius 3 is 2.52 bits per heavy atom. The van der Waals surface area contributed by atoms with Gasteiger partial charge in [-0.05, 0) is 38.7 Å². The molecule has 0 bridgehead atoms. The number of benzene rings is 1. The van der Waals surface area contributed by atoms with E-state index in [2.05, 4.69) is 47.5 Å². The van der Waals surface area contributed by atoms with Crippen molar-refractivity contribution in [3.63, 3.8) is 0 Å². The van der Waals surface area contributed by atoms with Gasteiger partial charge in [-0.3, -0.25) is 9.89 Å². The lowest BCUT2D eigenvalue weighted by atomic mass is 10.1. The maximum atomic E-state index is 5.46. The molecule has 8 nitrogen and oxygen atoms in total. The first-order chi connectivity index (χ1) is 14.1. The third kappa shape index (κ3) is 7.38. The molecule has 0 aliphatic carbocycles. The zero-order valence-electron chi connectivity index (χ0n) is 18.5. The molecule has 8 heteroatoms. The summed E-state index contributed by atoms with van der Waals surface area (Å²) in [7, 11) is 7.44. The SMILES string of the molecule is CCNC(=NCC(c1ccc(OC)c(OC)c1)N(C)C)NCCN1CCOCC1. The summed E-state index contributed by atoms with van der Waals surface area (Å²) in [6.45, 7) is 9.02. The van der Waals surface area contributed by atoms with Crippen LogP contribution in [0.15, 0.2) is 23.2 Å². The fourth-order valence-corrected chi connectivity index (χ4v) is 3.30. The highest BCUT2D eigenvalue weighted by molar-refractivity contribution is 5.79. The second-order valence-electron chi connectivity index (χ2n) is 7.19. The molecule has 2 rings (SSSR count). The maximum Gasteiger partial charge on any atom is 0.191 e. The average Bonchev–Trinajstić information content (AvgIpc) is 2.74. The summed E-state index contributed by atoms with van der Waals surface area (Å²) in [4.78, 5) is 9.41. The fraction of sp³-hybridized carbons (Fsp3) is 0.667. The first-order valence-electron chi connectivity index (χ1n) is 10.3. The van der Waals surface area contributed by atoms with Gasteiger partial charge in [0.05, 0.1) is 40.0 Å². The van der Waals surface area contributed by atoms with Crippen LogP contribution in [0.25, 0.3) is 0 Å². The van der Waals surface area contributed by atoms with Gasteiger partial charge in [-0.2, -0.15) is 0 Å². The normalized spacial score (nSPS) is 16.6. The van der Waals surface area contributed by atoms with E-state index >= 15 is 0 Å². The van der Waals surface area contributed by atoms with Crippen molar-refractivity contribution in [2.45, 2.75) is 13.0 Å². The van der Waals surface area contributed by atoms with Crippen LogP contribution < -0.4 is 20.1 Å². The molecule has 1 heterocycles. The number of hydrogen-bond acceptors (Lipinski definition) is 6. The van der Waals surface area contributed by atoms with Crippen molar-refractivity contribution in [1.29, 1.82) is 0 Å². The Balaban J connectivity index is 2.01. The molecule has 1 aromatic carbocycles. The van der Waals surface area contributed by atoms with Gasteiger partial charge in [-0.15, -0.1) is 0 Å². The Labute approximate surface area is 175 Å². The highest BCUT2D eigenvalue weighted by Crippen LogP contribution is 2.31. The highest BCUT2D eigenvalue weighted by atomic mass is 16.5. The minimum absolute atomic E-state index is 0.129. The molecule has 0 amide bonds. The van der Waals surface area contributed by atoms with E-state index in [-0.39, 0.29) is 6.04 Å². The lowest BCUT2D eigenvalue weighted by Crippen LogP contribution is -2.44. The molecule has 0 saturated carbocycles. The molecule has 1 aliphatic heterocycles. The van der Waals surface area contributed by atoms with Crippen molar-refractivity contribution in [2.24, 2.45) is 4.99 Å². The third-order valence-corrected chi connectivity index (χ3v) is 5.01. The largest absolute Gasteiger partial charge is 0.493 e. The summed E-state index contributed by atoms with van der Waals surface area (Å²) in [5.41, 5.74) is 1.14. The van der Waals surface area contributed by atoms with Crippen molar-refractivity contribution >= 4 is 5.96 Å². The molecule has 1 aliphatic rings. The highest BCUT2D eigenvalue weighted by Gasteiger charge is 2.17. The first-order valence-corrected chi connectivity index (χ1v) is 10.3. The summed E-state index contributed by atoms with van der Waals surface area (Å²) in [6, 6.07) is 6.17. The van der Waals surface area contributed by atoms with Crippen molar-refractivity contribution < 1.29 is 14.2 Å².